The maximum atomic E-state index is 12.3. The quantitative estimate of drug-likeness (QED) is 0.631. The zero-order valence-corrected chi connectivity index (χ0v) is 15.6. The van der Waals surface area contributed by atoms with E-state index in [1.165, 1.54) is 30.4 Å². The number of carbonyl (C=O) groups is 2. The predicted molar refractivity (Wildman–Crippen MR) is 98.6 cm³/mol. The van der Waals surface area contributed by atoms with Crippen LogP contribution < -0.4 is 10.1 Å². The number of anilines is 1. The Morgan fingerprint density at radius 1 is 1.30 bits per heavy atom. The zero-order valence-electron chi connectivity index (χ0n) is 13.9. The number of halogens is 2. The van der Waals surface area contributed by atoms with Crippen molar-refractivity contribution in [1.82, 2.24) is 9.36 Å². The first-order valence-corrected chi connectivity index (χ1v) is 9.33. The van der Waals surface area contributed by atoms with E-state index in [-0.39, 0.29) is 23.9 Å². The van der Waals surface area contributed by atoms with Crippen molar-refractivity contribution >= 4 is 39.7 Å². The molecule has 1 N–H and O–H groups in total. The molecule has 0 aliphatic rings. The first-order chi connectivity index (χ1) is 12.9. The molecule has 0 saturated carbocycles. The summed E-state index contributed by atoms with van der Waals surface area (Å²) in [4.78, 5) is 28.2. The fourth-order valence-electron chi connectivity index (χ4n) is 2.20. The summed E-state index contributed by atoms with van der Waals surface area (Å²) in [5, 5.41) is 4.59. The molecule has 0 aliphatic heterocycles. The van der Waals surface area contributed by atoms with E-state index in [0.717, 1.165) is 16.4 Å². The number of nitrogens with zero attached hydrogens (tertiary/aromatic N) is 2. The highest BCUT2D eigenvalue weighted by atomic mass is 32.1. The van der Waals surface area contributed by atoms with E-state index in [2.05, 4.69) is 19.4 Å². The van der Waals surface area contributed by atoms with Crippen LogP contribution in [0, 0.1) is 0 Å². The van der Waals surface area contributed by atoms with Crippen molar-refractivity contribution in [3.63, 3.8) is 0 Å². The molecule has 10 heteroatoms. The minimum atomic E-state index is -2.90. The van der Waals surface area contributed by atoms with Crippen molar-refractivity contribution in [1.29, 1.82) is 0 Å². The van der Waals surface area contributed by atoms with E-state index >= 15 is 0 Å². The summed E-state index contributed by atoms with van der Waals surface area (Å²) in [6.45, 7) is -1.46. The van der Waals surface area contributed by atoms with Crippen LogP contribution in [0.3, 0.4) is 0 Å². The lowest BCUT2D eigenvalue weighted by Crippen LogP contribution is -2.10. The first kappa shape index (κ1) is 19.1. The van der Waals surface area contributed by atoms with Gasteiger partial charge in [-0.25, -0.2) is 4.98 Å². The van der Waals surface area contributed by atoms with Gasteiger partial charge in [0.1, 0.15) is 11.5 Å². The molecule has 3 aromatic rings. The molecule has 1 aromatic carbocycles. The van der Waals surface area contributed by atoms with E-state index in [1.54, 1.807) is 23.6 Å². The van der Waals surface area contributed by atoms with Gasteiger partial charge in [0.2, 0.25) is 5.13 Å². The minimum absolute atomic E-state index is 0.0498. The van der Waals surface area contributed by atoms with Crippen LogP contribution in [0.1, 0.15) is 23.1 Å². The lowest BCUT2D eigenvalue weighted by Gasteiger charge is -2.05. The van der Waals surface area contributed by atoms with E-state index in [0.29, 0.717) is 22.1 Å². The number of benzene rings is 1. The number of Topliss-reactive ketones (excluding diaryl/α,β-unsaturated/α-hetero) is 1. The fourth-order valence-corrected chi connectivity index (χ4v) is 3.67. The van der Waals surface area contributed by atoms with Crippen LogP contribution >= 0.6 is 22.9 Å². The third-order valence-electron chi connectivity index (χ3n) is 3.30. The van der Waals surface area contributed by atoms with Gasteiger partial charge < -0.3 is 4.74 Å². The number of hydrogen-bond acceptors (Lipinski definition) is 7. The van der Waals surface area contributed by atoms with E-state index in [9.17, 15) is 18.4 Å². The molecular weight excluding hydrogens is 396 g/mol. The summed E-state index contributed by atoms with van der Waals surface area (Å²) in [6, 6.07) is 7.91. The number of thiophene rings is 1. The second-order valence-corrected chi connectivity index (χ2v) is 7.12. The Bertz CT molecular complexity index is 972. The molecule has 0 radical (unpaired) electrons. The number of amides is 1. The normalized spacial score (nSPS) is 10.8. The van der Waals surface area contributed by atoms with Gasteiger partial charge in [-0.1, -0.05) is 12.1 Å². The molecule has 6 nitrogen and oxygen atoms in total. The number of rotatable bonds is 7. The fraction of sp³-hybridized carbons (Fsp3) is 0.176. The maximum Gasteiger partial charge on any atom is 0.387 e. The molecular formula is C17H13F2N3O3S2. The Balaban J connectivity index is 1.70. The van der Waals surface area contributed by atoms with Gasteiger partial charge in [0.15, 0.2) is 5.82 Å². The van der Waals surface area contributed by atoms with Crippen molar-refractivity contribution < 1.29 is 23.1 Å². The number of ketones is 1. The van der Waals surface area contributed by atoms with Crippen molar-refractivity contribution in [3.8, 4) is 16.2 Å². The third kappa shape index (κ3) is 5.14. The Hall–Kier alpha value is -2.72. The van der Waals surface area contributed by atoms with E-state index in [1.807, 2.05) is 0 Å². The molecule has 2 heterocycles. The van der Waals surface area contributed by atoms with Crippen LogP contribution in [0.25, 0.3) is 10.4 Å². The van der Waals surface area contributed by atoms with Gasteiger partial charge in [-0.3, -0.25) is 14.9 Å². The van der Waals surface area contributed by atoms with Crippen LogP contribution in [0.4, 0.5) is 13.9 Å². The average Bonchev–Trinajstić information content (AvgIpc) is 3.23. The molecule has 0 saturated heterocycles. The molecule has 0 fully saturated rings. The first-order valence-electron chi connectivity index (χ1n) is 7.68. The largest absolute Gasteiger partial charge is 0.435 e. The summed E-state index contributed by atoms with van der Waals surface area (Å²) in [5.74, 6) is -0.0207. The van der Waals surface area contributed by atoms with E-state index < -0.39 is 6.61 Å². The number of aromatic nitrogens is 2. The molecule has 3 rings (SSSR count). The highest BCUT2D eigenvalue weighted by molar-refractivity contribution is 7.14. The van der Waals surface area contributed by atoms with Crippen LogP contribution in [0.2, 0.25) is 0 Å². The lowest BCUT2D eigenvalue weighted by molar-refractivity contribution is -0.116. The molecule has 0 unspecified atom stereocenters. The van der Waals surface area contributed by atoms with Gasteiger partial charge in [0.05, 0.1) is 12.0 Å². The molecule has 0 spiro atoms. The highest BCUT2D eigenvalue weighted by Gasteiger charge is 2.14. The van der Waals surface area contributed by atoms with Crippen LogP contribution in [-0.4, -0.2) is 27.7 Å². The SMILES string of the molecule is CC(=O)Cc1nsc(NC(=O)c2csc(-c3cccc(OC(F)F)c3)c2)n1. The van der Waals surface area contributed by atoms with Gasteiger partial charge >= 0.3 is 6.61 Å². The second kappa shape index (κ2) is 8.31. The Labute approximate surface area is 161 Å². The van der Waals surface area contributed by atoms with Crippen LogP contribution in [-0.2, 0) is 11.2 Å². The second-order valence-electron chi connectivity index (χ2n) is 5.45. The third-order valence-corrected chi connectivity index (χ3v) is 4.95. The summed E-state index contributed by atoms with van der Waals surface area (Å²) in [7, 11) is 0. The van der Waals surface area contributed by atoms with Gasteiger partial charge in [0, 0.05) is 21.8 Å². The van der Waals surface area contributed by atoms with Crippen molar-refractivity contribution in [2.24, 2.45) is 0 Å². The average molecular weight is 409 g/mol. The number of alkyl halides is 2. The maximum absolute atomic E-state index is 12.3. The number of ether oxygens (including phenoxy) is 1. The Kier molecular flexibility index (Phi) is 5.87. The highest BCUT2D eigenvalue weighted by Crippen LogP contribution is 2.30. The Morgan fingerprint density at radius 2 is 2.11 bits per heavy atom. The molecule has 1 amide bonds. The summed E-state index contributed by atoms with van der Waals surface area (Å²) in [6.07, 6.45) is 0.117. The monoisotopic (exact) mass is 409 g/mol. The minimum Gasteiger partial charge on any atom is -0.435 e. The summed E-state index contributed by atoms with van der Waals surface area (Å²) >= 11 is 2.30. The molecule has 140 valence electrons. The van der Waals surface area contributed by atoms with Crippen LogP contribution in [0.15, 0.2) is 35.7 Å². The van der Waals surface area contributed by atoms with Gasteiger partial charge in [-0.15, -0.1) is 11.3 Å². The molecule has 27 heavy (non-hydrogen) atoms. The molecule has 0 bridgehead atoms. The standard InChI is InChI=1S/C17H13F2N3O3S2/c1-9(23)5-14-20-17(27-22-14)21-15(24)11-7-13(26-8-11)10-3-2-4-12(6-10)25-16(18)19/h2-4,6-8,16H,5H2,1H3,(H,20,21,22,24). The lowest BCUT2D eigenvalue weighted by atomic mass is 10.1. The predicted octanol–water partition coefficient (Wildman–Crippen LogP) is 4.25. The number of nitrogens with one attached hydrogen (secondary N) is 1. The van der Waals surface area contributed by atoms with Crippen molar-refractivity contribution in [2.75, 3.05) is 5.32 Å². The number of hydrogen-bond donors (Lipinski definition) is 1. The van der Waals surface area contributed by atoms with Crippen molar-refractivity contribution in [3.05, 3.63) is 47.1 Å². The van der Waals surface area contributed by atoms with Gasteiger partial charge in [0.25, 0.3) is 5.91 Å². The van der Waals surface area contributed by atoms with Crippen LogP contribution in [0.5, 0.6) is 5.75 Å². The van der Waals surface area contributed by atoms with Gasteiger partial charge in [-0.2, -0.15) is 13.2 Å². The molecule has 0 aliphatic carbocycles. The molecule has 2 aromatic heterocycles. The Morgan fingerprint density at radius 3 is 2.85 bits per heavy atom. The smallest absolute Gasteiger partial charge is 0.387 e. The number of carbonyl (C=O) groups excluding carboxylic acids is 2. The van der Waals surface area contributed by atoms with Crippen molar-refractivity contribution in [2.45, 2.75) is 20.0 Å². The van der Waals surface area contributed by atoms with E-state index in [4.69, 9.17) is 0 Å². The summed E-state index contributed by atoms with van der Waals surface area (Å²) in [5.41, 5.74) is 1.07. The van der Waals surface area contributed by atoms with Gasteiger partial charge in [-0.05, 0) is 30.7 Å². The summed E-state index contributed by atoms with van der Waals surface area (Å²) < 4.78 is 33.1. The topological polar surface area (TPSA) is 81.2 Å². The molecule has 0 atom stereocenters. The zero-order chi connectivity index (χ0) is 19.4.